The summed E-state index contributed by atoms with van der Waals surface area (Å²) < 4.78 is 2.03. The fourth-order valence-electron chi connectivity index (χ4n) is 3.18. The summed E-state index contributed by atoms with van der Waals surface area (Å²) in [6.07, 6.45) is 0.901. The first-order valence-corrected chi connectivity index (χ1v) is 7.87. The number of nitrogens with one attached hydrogen (secondary N) is 3. The zero-order chi connectivity index (χ0) is 16.7. The Morgan fingerprint density at radius 3 is 2.88 bits per heavy atom. The van der Waals surface area contributed by atoms with Crippen LogP contribution in [0.3, 0.4) is 0 Å². The molecule has 3 aromatic rings. The molecule has 4 rings (SSSR count). The predicted octanol–water partition coefficient (Wildman–Crippen LogP) is 0.641. The van der Waals surface area contributed by atoms with Gasteiger partial charge in [-0.25, -0.2) is 9.78 Å². The Hall–Kier alpha value is -3.03. The van der Waals surface area contributed by atoms with Crippen molar-refractivity contribution in [2.75, 3.05) is 23.3 Å². The number of hydrogen-bond acceptors (Lipinski definition) is 5. The number of aromatic amines is 2. The van der Waals surface area contributed by atoms with E-state index in [0.29, 0.717) is 12.4 Å². The van der Waals surface area contributed by atoms with Gasteiger partial charge in [-0.2, -0.15) is 0 Å². The third-order valence-electron chi connectivity index (χ3n) is 4.40. The Kier molecular flexibility index (Phi) is 3.37. The summed E-state index contributed by atoms with van der Waals surface area (Å²) in [6.45, 7) is 1.46. The largest absolute Gasteiger partial charge is 0.356 e. The molecule has 0 saturated carbocycles. The normalized spacial score (nSPS) is 17.5. The summed E-state index contributed by atoms with van der Waals surface area (Å²) >= 11 is 0. The number of fused-ring (bicyclic) bond motifs is 1. The van der Waals surface area contributed by atoms with Gasteiger partial charge in [-0.15, -0.1) is 0 Å². The van der Waals surface area contributed by atoms with Crippen molar-refractivity contribution in [2.45, 2.75) is 12.5 Å². The van der Waals surface area contributed by atoms with Crippen LogP contribution in [0.1, 0.15) is 6.42 Å². The quantitative estimate of drug-likeness (QED) is 0.656. The second-order valence-corrected chi connectivity index (χ2v) is 6.03. The third kappa shape index (κ3) is 2.55. The average Bonchev–Trinajstić information content (AvgIpc) is 3.13. The molecule has 124 valence electrons. The highest BCUT2D eigenvalue weighted by Gasteiger charge is 2.24. The number of aryl methyl sites for hydroxylation is 1. The summed E-state index contributed by atoms with van der Waals surface area (Å²) in [6, 6.07) is 9.61. The van der Waals surface area contributed by atoms with Crippen molar-refractivity contribution in [2.24, 2.45) is 7.05 Å². The van der Waals surface area contributed by atoms with E-state index in [9.17, 15) is 9.59 Å². The molecule has 1 atom stereocenters. The van der Waals surface area contributed by atoms with E-state index in [1.165, 1.54) is 6.07 Å². The maximum absolute atomic E-state index is 11.5. The number of imidazole rings is 1. The van der Waals surface area contributed by atoms with Crippen molar-refractivity contribution in [1.29, 1.82) is 0 Å². The van der Waals surface area contributed by atoms with Crippen molar-refractivity contribution in [3.63, 3.8) is 0 Å². The molecule has 8 heteroatoms. The van der Waals surface area contributed by atoms with Crippen LogP contribution in [0.5, 0.6) is 0 Å². The summed E-state index contributed by atoms with van der Waals surface area (Å²) in [4.78, 5) is 34.3. The standard InChI is InChI=1S/C16H18N6O2/c1-21-12-5-3-2-4-11(12)18-15(21)17-10-6-7-22(9-10)13-8-14(23)20-16(24)19-13/h2-5,8,10H,6-7,9H2,1H3,(H,17,18)(H2,19,20,23,24)/t10-/m0/s1. The van der Waals surface area contributed by atoms with Gasteiger partial charge in [-0.3, -0.25) is 14.8 Å². The Morgan fingerprint density at radius 2 is 2.08 bits per heavy atom. The third-order valence-corrected chi connectivity index (χ3v) is 4.40. The van der Waals surface area contributed by atoms with Crippen molar-refractivity contribution in [3.05, 3.63) is 51.2 Å². The van der Waals surface area contributed by atoms with E-state index in [1.807, 2.05) is 40.8 Å². The average molecular weight is 326 g/mol. The van der Waals surface area contributed by atoms with Gasteiger partial charge in [-0.1, -0.05) is 12.1 Å². The molecule has 2 aromatic heterocycles. The molecule has 0 amide bonds. The van der Waals surface area contributed by atoms with Crippen LogP contribution in [0.25, 0.3) is 11.0 Å². The van der Waals surface area contributed by atoms with Gasteiger partial charge in [0.25, 0.3) is 5.56 Å². The van der Waals surface area contributed by atoms with Crippen LogP contribution in [0.2, 0.25) is 0 Å². The first kappa shape index (κ1) is 14.6. The Balaban J connectivity index is 1.53. The number of nitrogens with zero attached hydrogens (tertiary/aromatic N) is 3. The minimum atomic E-state index is -0.482. The van der Waals surface area contributed by atoms with E-state index in [0.717, 1.165) is 29.9 Å². The molecular weight excluding hydrogens is 308 g/mol. The van der Waals surface area contributed by atoms with Gasteiger partial charge in [0.2, 0.25) is 5.95 Å². The number of benzene rings is 1. The molecule has 1 saturated heterocycles. The Morgan fingerprint density at radius 1 is 1.25 bits per heavy atom. The lowest BCUT2D eigenvalue weighted by molar-refractivity contribution is 0.777. The Labute approximate surface area is 137 Å². The number of H-pyrrole nitrogens is 2. The van der Waals surface area contributed by atoms with E-state index in [2.05, 4.69) is 20.3 Å². The van der Waals surface area contributed by atoms with Crippen LogP contribution >= 0.6 is 0 Å². The van der Waals surface area contributed by atoms with Crippen molar-refractivity contribution in [3.8, 4) is 0 Å². The second kappa shape index (κ2) is 5.55. The molecule has 1 fully saturated rings. The van der Waals surface area contributed by atoms with Gasteiger partial charge in [0.15, 0.2) is 0 Å². The maximum atomic E-state index is 11.5. The van der Waals surface area contributed by atoms with Crippen LogP contribution in [0.4, 0.5) is 11.8 Å². The lowest BCUT2D eigenvalue weighted by atomic mass is 10.3. The molecule has 1 aliphatic heterocycles. The number of rotatable bonds is 3. The van der Waals surface area contributed by atoms with Crippen LogP contribution in [0.15, 0.2) is 39.9 Å². The number of aromatic nitrogens is 4. The minimum absolute atomic E-state index is 0.198. The van der Waals surface area contributed by atoms with E-state index in [4.69, 9.17) is 0 Å². The van der Waals surface area contributed by atoms with E-state index >= 15 is 0 Å². The zero-order valence-corrected chi connectivity index (χ0v) is 13.2. The fourth-order valence-corrected chi connectivity index (χ4v) is 3.18. The predicted molar refractivity (Wildman–Crippen MR) is 92.6 cm³/mol. The van der Waals surface area contributed by atoms with Crippen molar-refractivity contribution < 1.29 is 0 Å². The molecule has 0 unspecified atom stereocenters. The molecule has 8 nitrogen and oxygen atoms in total. The van der Waals surface area contributed by atoms with E-state index in [1.54, 1.807) is 0 Å². The molecule has 0 spiro atoms. The highest BCUT2D eigenvalue weighted by atomic mass is 16.2. The zero-order valence-electron chi connectivity index (χ0n) is 13.2. The minimum Gasteiger partial charge on any atom is -0.356 e. The summed E-state index contributed by atoms with van der Waals surface area (Å²) in [5.41, 5.74) is 1.16. The molecule has 1 aliphatic rings. The monoisotopic (exact) mass is 326 g/mol. The number of hydrogen-bond donors (Lipinski definition) is 3. The molecule has 0 bridgehead atoms. The molecule has 3 N–H and O–H groups in total. The van der Waals surface area contributed by atoms with Crippen LogP contribution < -0.4 is 21.5 Å². The van der Waals surface area contributed by atoms with Gasteiger partial charge >= 0.3 is 5.69 Å². The summed E-state index contributed by atoms with van der Waals surface area (Å²) in [7, 11) is 1.98. The van der Waals surface area contributed by atoms with Gasteiger partial charge < -0.3 is 14.8 Å². The van der Waals surface area contributed by atoms with Gasteiger partial charge in [0.05, 0.1) is 11.0 Å². The lowest BCUT2D eigenvalue weighted by Gasteiger charge is -2.18. The summed E-state index contributed by atoms with van der Waals surface area (Å²) in [5.74, 6) is 1.38. The molecule has 1 aromatic carbocycles. The lowest BCUT2D eigenvalue weighted by Crippen LogP contribution is -2.31. The molecule has 0 radical (unpaired) electrons. The smallest absolute Gasteiger partial charge is 0.327 e. The first-order chi connectivity index (χ1) is 11.6. The SMILES string of the molecule is Cn1c(N[C@H]2CCN(c3cc(=O)[nH]c(=O)[nH]3)C2)nc2ccccc21. The highest BCUT2D eigenvalue weighted by molar-refractivity contribution is 5.78. The molecule has 3 heterocycles. The van der Waals surface area contributed by atoms with Gasteiger partial charge in [-0.05, 0) is 18.6 Å². The summed E-state index contributed by atoms with van der Waals surface area (Å²) in [5, 5.41) is 3.46. The number of anilines is 2. The van der Waals surface area contributed by atoms with Crippen molar-refractivity contribution >= 4 is 22.8 Å². The Bertz CT molecular complexity index is 973. The van der Waals surface area contributed by atoms with E-state index in [-0.39, 0.29) is 11.6 Å². The van der Waals surface area contributed by atoms with Crippen molar-refractivity contribution in [1.82, 2.24) is 19.5 Å². The maximum Gasteiger partial charge on any atom is 0.327 e. The van der Waals surface area contributed by atoms with Crippen LogP contribution in [-0.4, -0.2) is 38.7 Å². The fraction of sp³-hybridized carbons (Fsp3) is 0.312. The molecule has 24 heavy (non-hydrogen) atoms. The van der Waals surface area contributed by atoms with Gasteiger partial charge in [0.1, 0.15) is 5.82 Å². The highest BCUT2D eigenvalue weighted by Crippen LogP contribution is 2.22. The molecule has 0 aliphatic carbocycles. The molecular formula is C16H18N6O2. The first-order valence-electron chi connectivity index (χ1n) is 7.87. The van der Waals surface area contributed by atoms with Gasteiger partial charge in [0, 0.05) is 32.2 Å². The second-order valence-electron chi connectivity index (χ2n) is 6.03. The van der Waals surface area contributed by atoms with Crippen LogP contribution in [0, 0.1) is 0 Å². The number of para-hydroxylation sites is 2. The van der Waals surface area contributed by atoms with Crippen LogP contribution in [-0.2, 0) is 7.05 Å². The van der Waals surface area contributed by atoms with E-state index < -0.39 is 5.69 Å². The topological polar surface area (TPSA) is 98.8 Å².